The molecule has 0 saturated carbocycles. The van der Waals surface area contributed by atoms with E-state index < -0.39 is 0 Å². The number of fused-ring (bicyclic) bond motifs is 1. The maximum Gasteiger partial charge on any atom is 0.227 e. The highest BCUT2D eigenvalue weighted by molar-refractivity contribution is 5.86. The number of rotatable bonds is 10. The van der Waals surface area contributed by atoms with Crippen LogP contribution in [0.15, 0.2) is 75.8 Å². The molecule has 8 heteroatoms. The first-order chi connectivity index (χ1) is 23.9. The summed E-state index contributed by atoms with van der Waals surface area (Å²) in [5, 5.41) is 13.5. The Labute approximate surface area is 288 Å². The van der Waals surface area contributed by atoms with E-state index in [0.717, 1.165) is 95.1 Å². The molecule has 4 heterocycles. The Bertz CT molecular complexity index is 2090. The van der Waals surface area contributed by atoms with Gasteiger partial charge in [-0.1, -0.05) is 35.9 Å². The number of hydrogen-bond donors (Lipinski definition) is 1. The first-order valence-corrected chi connectivity index (χ1v) is 17.3. The van der Waals surface area contributed by atoms with Crippen molar-refractivity contribution in [1.29, 1.82) is 5.26 Å². The second kappa shape index (κ2) is 14.2. The fraction of sp³-hybridized carbons (Fsp3) is 0.317. The van der Waals surface area contributed by atoms with Crippen LogP contribution in [0.2, 0.25) is 0 Å². The van der Waals surface area contributed by atoms with Crippen molar-refractivity contribution in [2.75, 3.05) is 38.0 Å². The van der Waals surface area contributed by atoms with Crippen LogP contribution in [0.5, 0.6) is 0 Å². The molecule has 0 amide bonds. The summed E-state index contributed by atoms with van der Waals surface area (Å²) in [6, 6.07) is 20.8. The Hall–Kier alpha value is -5.10. The predicted octanol–water partition coefficient (Wildman–Crippen LogP) is 9.22. The van der Waals surface area contributed by atoms with Crippen LogP contribution in [0.25, 0.3) is 39.8 Å². The number of hydrogen-bond acceptors (Lipinski definition) is 8. The van der Waals surface area contributed by atoms with Gasteiger partial charge in [-0.05, 0) is 138 Å². The van der Waals surface area contributed by atoms with Crippen molar-refractivity contribution in [2.45, 2.75) is 53.0 Å². The minimum absolute atomic E-state index is 0.520. The largest absolute Gasteiger partial charge is 0.435 e. The van der Waals surface area contributed by atoms with Crippen LogP contribution in [0.3, 0.4) is 0 Å². The molecule has 0 bridgehead atoms. The fourth-order valence-electron chi connectivity index (χ4n) is 7.38. The average molecular weight is 650 g/mol. The van der Waals surface area contributed by atoms with Crippen LogP contribution >= 0.6 is 0 Å². The van der Waals surface area contributed by atoms with Crippen molar-refractivity contribution in [3.63, 3.8) is 0 Å². The first-order valence-electron chi connectivity index (χ1n) is 17.3. The van der Waals surface area contributed by atoms with E-state index in [1.807, 2.05) is 30.5 Å². The number of nitrogens with one attached hydrogen (secondary N) is 1. The molecule has 2 aliphatic heterocycles. The van der Waals surface area contributed by atoms with Gasteiger partial charge in [0.1, 0.15) is 17.3 Å². The molecule has 2 fully saturated rings. The molecule has 3 aromatic carbocycles. The number of pyridine rings is 1. The van der Waals surface area contributed by atoms with E-state index in [1.165, 1.54) is 31.3 Å². The van der Waals surface area contributed by atoms with Gasteiger partial charge in [-0.2, -0.15) is 5.26 Å². The molecule has 49 heavy (non-hydrogen) atoms. The van der Waals surface area contributed by atoms with Crippen LogP contribution in [-0.4, -0.2) is 59.2 Å². The Kier molecular flexibility index (Phi) is 9.38. The SMILES string of the molecule is C=Nc1c(/C=C(\C)CN2CCCC2)ccnc1Nc1cccc(-c2cccc(-c3nc4cc(CN5CCCC5)cc(C#N)c4o3)c2C)c1C. The summed E-state index contributed by atoms with van der Waals surface area (Å²) in [5.74, 6) is 1.19. The fourth-order valence-corrected chi connectivity index (χ4v) is 7.38. The quantitative estimate of drug-likeness (QED) is 0.151. The van der Waals surface area contributed by atoms with E-state index in [9.17, 15) is 5.26 Å². The zero-order chi connectivity index (χ0) is 33.9. The normalized spacial score (nSPS) is 15.6. The molecule has 0 radical (unpaired) electrons. The molecule has 1 N–H and O–H groups in total. The Morgan fingerprint density at radius 3 is 2.39 bits per heavy atom. The summed E-state index contributed by atoms with van der Waals surface area (Å²) in [7, 11) is 0. The van der Waals surface area contributed by atoms with Gasteiger partial charge in [0.15, 0.2) is 11.4 Å². The minimum atomic E-state index is 0.520. The van der Waals surface area contributed by atoms with Crippen LogP contribution in [0.4, 0.5) is 17.2 Å². The third-order valence-electron chi connectivity index (χ3n) is 9.90. The lowest BCUT2D eigenvalue weighted by molar-refractivity contribution is 0.331. The van der Waals surface area contributed by atoms with Crippen molar-refractivity contribution >= 4 is 41.1 Å². The lowest BCUT2D eigenvalue weighted by Gasteiger charge is -2.17. The lowest BCUT2D eigenvalue weighted by atomic mass is 9.93. The van der Waals surface area contributed by atoms with Gasteiger partial charge in [0.05, 0.1) is 5.56 Å². The first kappa shape index (κ1) is 32.4. The molecule has 5 aromatic rings. The summed E-state index contributed by atoms with van der Waals surface area (Å²) in [6.45, 7) is 16.6. The highest BCUT2D eigenvalue weighted by atomic mass is 16.3. The van der Waals surface area contributed by atoms with Gasteiger partial charge in [0.25, 0.3) is 0 Å². The molecule has 248 valence electrons. The van der Waals surface area contributed by atoms with Crippen molar-refractivity contribution in [2.24, 2.45) is 4.99 Å². The van der Waals surface area contributed by atoms with Crippen LogP contribution in [0.1, 0.15) is 60.4 Å². The van der Waals surface area contributed by atoms with Crippen molar-refractivity contribution < 1.29 is 4.42 Å². The van der Waals surface area contributed by atoms with Gasteiger partial charge in [-0.3, -0.25) is 14.8 Å². The summed E-state index contributed by atoms with van der Waals surface area (Å²) in [4.78, 5) is 18.9. The summed E-state index contributed by atoms with van der Waals surface area (Å²) < 4.78 is 6.32. The average Bonchev–Trinajstić information content (AvgIpc) is 3.89. The summed E-state index contributed by atoms with van der Waals surface area (Å²) >= 11 is 0. The van der Waals surface area contributed by atoms with Gasteiger partial charge in [-0.25, -0.2) is 9.97 Å². The molecule has 0 atom stereocenters. The molecule has 7 rings (SSSR count). The van der Waals surface area contributed by atoms with E-state index in [1.54, 1.807) is 0 Å². The zero-order valence-electron chi connectivity index (χ0n) is 28.7. The number of oxazole rings is 1. The lowest BCUT2D eigenvalue weighted by Crippen LogP contribution is -2.20. The number of benzene rings is 3. The maximum atomic E-state index is 9.97. The Morgan fingerprint density at radius 2 is 1.65 bits per heavy atom. The van der Waals surface area contributed by atoms with E-state index in [-0.39, 0.29) is 0 Å². The van der Waals surface area contributed by atoms with Gasteiger partial charge < -0.3 is 9.73 Å². The number of nitriles is 1. The summed E-state index contributed by atoms with van der Waals surface area (Å²) in [6.07, 6.45) is 9.03. The number of likely N-dealkylation sites (tertiary alicyclic amines) is 2. The van der Waals surface area contributed by atoms with Gasteiger partial charge in [0.2, 0.25) is 5.89 Å². The molecule has 2 aromatic heterocycles. The molecular formula is C41H43N7O. The Balaban J connectivity index is 1.19. The topological polar surface area (TPSA) is 93.6 Å². The van der Waals surface area contributed by atoms with Crippen LogP contribution in [0, 0.1) is 25.2 Å². The van der Waals surface area contributed by atoms with E-state index in [2.05, 4.69) is 95.1 Å². The Morgan fingerprint density at radius 1 is 0.959 bits per heavy atom. The third-order valence-corrected chi connectivity index (χ3v) is 9.90. The van der Waals surface area contributed by atoms with E-state index in [4.69, 9.17) is 9.40 Å². The number of aromatic nitrogens is 2. The number of nitrogens with zero attached hydrogens (tertiary/aromatic N) is 6. The molecule has 0 unspecified atom stereocenters. The molecule has 0 aliphatic carbocycles. The molecule has 2 saturated heterocycles. The highest BCUT2D eigenvalue weighted by Gasteiger charge is 2.20. The number of anilines is 2. The number of aliphatic imine (C=N–C) groups is 1. The van der Waals surface area contributed by atoms with Crippen LogP contribution in [-0.2, 0) is 6.54 Å². The van der Waals surface area contributed by atoms with Crippen molar-refractivity contribution in [3.8, 4) is 28.7 Å². The van der Waals surface area contributed by atoms with E-state index >= 15 is 0 Å². The maximum absolute atomic E-state index is 9.97. The molecule has 8 nitrogen and oxygen atoms in total. The van der Waals surface area contributed by atoms with E-state index in [0.29, 0.717) is 22.9 Å². The smallest absolute Gasteiger partial charge is 0.227 e. The third kappa shape index (κ3) is 6.78. The molecular weight excluding hydrogens is 606 g/mol. The van der Waals surface area contributed by atoms with Gasteiger partial charge >= 0.3 is 0 Å². The predicted molar refractivity (Wildman–Crippen MR) is 200 cm³/mol. The minimum Gasteiger partial charge on any atom is -0.435 e. The summed E-state index contributed by atoms with van der Waals surface area (Å²) in [5.41, 5.74) is 12.1. The second-order valence-corrected chi connectivity index (χ2v) is 13.4. The van der Waals surface area contributed by atoms with Gasteiger partial charge in [0, 0.05) is 36.1 Å². The zero-order valence-corrected chi connectivity index (χ0v) is 28.7. The monoisotopic (exact) mass is 649 g/mol. The van der Waals surface area contributed by atoms with Crippen molar-refractivity contribution in [1.82, 2.24) is 19.8 Å². The molecule has 2 aliphatic rings. The van der Waals surface area contributed by atoms with Gasteiger partial charge in [-0.15, -0.1) is 0 Å². The van der Waals surface area contributed by atoms with Crippen molar-refractivity contribution in [3.05, 3.63) is 94.2 Å². The standard InChI is InChI=1S/C41H43N7O/c1-27(25-47-17-5-6-18-47)21-31-15-16-44-40(38(31)43-4)45-36-14-10-12-34(29(36)3)33-11-9-13-35(28(33)2)41-46-37-23-30(26-48-19-7-8-20-48)22-32(24-42)39(37)49-41/h9-16,21-23H,4-8,17-20,25-26H2,1-3H3,(H,44,45)/b27-21+. The highest BCUT2D eigenvalue weighted by Crippen LogP contribution is 2.38. The van der Waals surface area contributed by atoms with Crippen LogP contribution < -0.4 is 5.32 Å². The molecule has 0 spiro atoms. The second-order valence-electron chi connectivity index (χ2n) is 13.4.